The highest BCUT2D eigenvalue weighted by Crippen LogP contribution is 2.09. The lowest BCUT2D eigenvalue weighted by atomic mass is 10.1. The fourth-order valence-corrected chi connectivity index (χ4v) is 2.25. The van der Waals surface area contributed by atoms with Gasteiger partial charge in [-0.2, -0.15) is 0 Å². The highest BCUT2D eigenvalue weighted by molar-refractivity contribution is 5.75. The number of carbonyl (C=O) groups is 1. The molecule has 1 aromatic rings. The number of hydrogen-bond acceptors (Lipinski definition) is 3. The SMILES string of the molecule is O=C(OCCCc1ccccc1)C1CCCCN1. The third kappa shape index (κ3) is 4.15. The van der Waals surface area contributed by atoms with E-state index in [-0.39, 0.29) is 12.0 Å². The molecule has 1 aliphatic heterocycles. The predicted molar refractivity (Wildman–Crippen MR) is 71.4 cm³/mol. The number of carbonyl (C=O) groups excluding carboxylic acids is 1. The van der Waals surface area contributed by atoms with E-state index in [0.29, 0.717) is 6.61 Å². The molecule has 1 aromatic carbocycles. The number of esters is 1. The van der Waals surface area contributed by atoms with E-state index in [4.69, 9.17) is 4.74 Å². The average molecular weight is 247 g/mol. The Morgan fingerprint density at radius 1 is 1.28 bits per heavy atom. The maximum atomic E-state index is 11.7. The second-order valence-electron chi connectivity index (χ2n) is 4.76. The van der Waals surface area contributed by atoms with Crippen molar-refractivity contribution in [2.45, 2.75) is 38.1 Å². The normalized spacial score (nSPS) is 19.4. The molecular weight excluding hydrogens is 226 g/mol. The van der Waals surface area contributed by atoms with Gasteiger partial charge in [-0.1, -0.05) is 36.8 Å². The summed E-state index contributed by atoms with van der Waals surface area (Å²) in [4.78, 5) is 11.7. The highest BCUT2D eigenvalue weighted by Gasteiger charge is 2.21. The summed E-state index contributed by atoms with van der Waals surface area (Å²) in [6.45, 7) is 1.45. The molecule has 1 N–H and O–H groups in total. The number of piperidine rings is 1. The molecule has 0 amide bonds. The van der Waals surface area contributed by atoms with Crippen LogP contribution < -0.4 is 5.32 Å². The van der Waals surface area contributed by atoms with Crippen molar-refractivity contribution in [3.63, 3.8) is 0 Å². The van der Waals surface area contributed by atoms with E-state index in [1.165, 1.54) is 5.56 Å². The molecule has 1 saturated heterocycles. The summed E-state index contributed by atoms with van der Waals surface area (Å²) >= 11 is 0. The Morgan fingerprint density at radius 2 is 2.11 bits per heavy atom. The van der Waals surface area contributed by atoms with Crippen LogP contribution in [-0.4, -0.2) is 25.2 Å². The van der Waals surface area contributed by atoms with Crippen LogP contribution >= 0.6 is 0 Å². The molecule has 3 heteroatoms. The summed E-state index contributed by atoms with van der Waals surface area (Å²) in [5, 5.41) is 3.20. The number of ether oxygens (including phenoxy) is 1. The van der Waals surface area contributed by atoms with Crippen molar-refractivity contribution in [1.29, 1.82) is 0 Å². The Bertz CT molecular complexity index is 358. The number of benzene rings is 1. The van der Waals surface area contributed by atoms with E-state index < -0.39 is 0 Å². The number of aryl methyl sites for hydroxylation is 1. The smallest absolute Gasteiger partial charge is 0.323 e. The van der Waals surface area contributed by atoms with Gasteiger partial charge in [0.2, 0.25) is 0 Å². The van der Waals surface area contributed by atoms with Gasteiger partial charge in [0.05, 0.1) is 6.61 Å². The first-order chi connectivity index (χ1) is 8.86. The molecule has 1 atom stereocenters. The Hall–Kier alpha value is -1.35. The maximum absolute atomic E-state index is 11.7. The van der Waals surface area contributed by atoms with Crippen LogP contribution in [0, 0.1) is 0 Å². The molecule has 3 nitrogen and oxygen atoms in total. The molecule has 1 heterocycles. The van der Waals surface area contributed by atoms with Crippen LogP contribution in [0.15, 0.2) is 30.3 Å². The Morgan fingerprint density at radius 3 is 2.83 bits per heavy atom. The minimum Gasteiger partial charge on any atom is -0.465 e. The third-order valence-electron chi connectivity index (χ3n) is 3.29. The summed E-state index contributed by atoms with van der Waals surface area (Å²) in [5.41, 5.74) is 1.30. The van der Waals surface area contributed by atoms with Crippen molar-refractivity contribution in [1.82, 2.24) is 5.32 Å². The van der Waals surface area contributed by atoms with Gasteiger partial charge in [-0.15, -0.1) is 0 Å². The highest BCUT2D eigenvalue weighted by atomic mass is 16.5. The van der Waals surface area contributed by atoms with Crippen LogP contribution in [0.2, 0.25) is 0 Å². The molecule has 1 fully saturated rings. The van der Waals surface area contributed by atoms with Gasteiger partial charge in [0.15, 0.2) is 0 Å². The molecule has 0 radical (unpaired) electrons. The average Bonchev–Trinajstić information content (AvgIpc) is 2.45. The molecule has 18 heavy (non-hydrogen) atoms. The van der Waals surface area contributed by atoms with E-state index in [1.807, 2.05) is 18.2 Å². The van der Waals surface area contributed by atoms with E-state index in [9.17, 15) is 4.79 Å². The van der Waals surface area contributed by atoms with Gasteiger partial charge in [-0.3, -0.25) is 4.79 Å². The Labute approximate surface area is 109 Å². The fourth-order valence-electron chi connectivity index (χ4n) is 2.25. The monoisotopic (exact) mass is 247 g/mol. The van der Waals surface area contributed by atoms with Gasteiger partial charge in [0.1, 0.15) is 6.04 Å². The second kappa shape index (κ2) is 7.17. The molecule has 0 bridgehead atoms. The van der Waals surface area contributed by atoms with Crippen LogP contribution in [0.25, 0.3) is 0 Å². The largest absolute Gasteiger partial charge is 0.465 e. The number of hydrogen-bond donors (Lipinski definition) is 1. The number of nitrogens with one attached hydrogen (secondary N) is 1. The lowest BCUT2D eigenvalue weighted by Crippen LogP contribution is -2.41. The van der Waals surface area contributed by atoms with Crippen molar-refractivity contribution in [2.75, 3.05) is 13.2 Å². The van der Waals surface area contributed by atoms with Gasteiger partial charge in [0.25, 0.3) is 0 Å². The zero-order valence-corrected chi connectivity index (χ0v) is 10.7. The van der Waals surface area contributed by atoms with E-state index in [2.05, 4.69) is 17.4 Å². The summed E-state index contributed by atoms with van der Waals surface area (Å²) < 4.78 is 5.30. The van der Waals surface area contributed by atoms with Crippen molar-refractivity contribution in [2.24, 2.45) is 0 Å². The van der Waals surface area contributed by atoms with E-state index >= 15 is 0 Å². The topological polar surface area (TPSA) is 38.3 Å². The minimum atomic E-state index is -0.0808. The van der Waals surface area contributed by atoms with E-state index in [1.54, 1.807) is 0 Å². The molecule has 2 rings (SSSR count). The van der Waals surface area contributed by atoms with Gasteiger partial charge < -0.3 is 10.1 Å². The lowest BCUT2D eigenvalue weighted by Gasteiger charge is -2.21. The van der Waals surface area contributed by atoms with Crippen LogP contribution in [0.4, 0.5) is 0 Å². The molecule has 0 aliphatic carbocycles. The molecule has 98 valence electrons. The second-order valence-corrected chi connectivity index (χ2v) is 4.76. The van der Waals surface area contributed by atoms with Crippen LogP contribution in [0.5, 0.6) is 0 Å². The van der Waals surface area contributed by atoms with Crippen molar-refractivity contribution in [3.05, 3.63) is 35.9 Å². The molecule has 0 spiro atoms. The van der Waals surface area contributed by atoms with Gasteiger partial charge in [0, 0.05) is 0 Å². The fraction of sp³-hybridized carbons (Fsp3) is 0.533. The Balaban J connectivity index is 1.61. The van der Waals surface area contributed by atoms with Crippen molar-refractivity contribution < 1.29 is 9.53 Å². The molecule has 0 aromatic heterocycles. The third-order valence-corrected chi connectivity index (χ3v) is 3.29. The zero-order chi connectivity index (χ0) is 12.6. The summed E-state index contributed by atoms with van der Waals surface area (Å²) in [6.07, 6.45) is 5.06. The summed E-state index contributed by atoms with van der Waals surface area (Å²) in [7, 11) is 0. The first-order valence-corrected chi connectivity index (χ1v) is 6.80. The Kier molecular flexibility index (Phi) is 5.21. The van der Waals surface area contributed by atoms with Crippen LogP contribution in [0.1, 0.15) is 31.2 Å². The van der Waals surface area contributed by atoms with Crippen molar-refractivity contribution >= 4 is 5.97 Å². The van der Waals surface area contributed by atoms with Gasteiger partial charge in [-0.05, 0) is 37.8 Å². The predicted octanol–water partition coefficient (Wildman–Crippen LogP) is 2.30. The number of rotatable bonds is 5. The summed E-state index contributed by atoms with van der Waals surface area (Å²) in [5.74, 6) is -0.0808. The van der Waals surface area contributed by atoms with E-state index in [0.717, 1.165) is 38.6 Å². The van der Waals surface area contributed by atoms with Crippen molar-refractivity contribution in [3.8, 4) is 0 Å². The van der Waals surface area contributed by atoms with Gasteiger partial charge in [-0.25, -0.2) is 0 Å². The van der Waals surface area contributed by atoms with Crippen LogP contribution in [-0.2, 0) is 16.0 Å². The lowest BCUT2D eigenvalue weighted by molar-refractivity contribution is -0.146. The molecule has 0 saturated carbocycles. The van der Waals surface area contributed by atoms with Crippen LogP contribution in [0.3, 0.4) is 0 Å². The molecule has 1 unspecified atom stereocenters. The molecular formula is C15H21NO2. The first kappa shape index (κ1) is 13.1. The minimum absolute atomic E-state index is 0.0736. The summed E-state index contributed by atoms with van der Waals surface area (Å²) in [6, 6.07) is 10.2. The molecule has 1 aliphatic rings. The first-order valence-electron chi connectivity index (χ1n) is 6.80. The van der Waals surface area contributed by atoms with Gasteiger partial charge >= 0.3 is 5.97 Å². The quantitative estimate of drug-likeness (QED) is 0.641. The zero-order valence-electron chi connectivity index (χ0n) is 10.7. The standard InChI is InChI=1S/C15H21NO2/c17-15(14-10-4-5-11-16-14)18-12-6-9-13-7-2-1-3-8-13/h1-3,7-8,14,16H,4-6,9-12H2. The maximum Gasteiger partial charge on any atom is 0.323 e.